The van der Waals surface area contributed by atoms with Crippen LogP contribution in [0.2, 0.25) is 0 Å². The summed E-state index contributed by atoms with van der Waals surface area (Å²) in [6.07, 6.45) is 2.35. The Morgan fingerprint density at radius 1 is 0.941 bits per heavy atom. The largest absolute Gasteiger partial charge is 0.480 e. The smallest absolute Gasteiger partial charge is 0.329 e. The topological polar surface area (TPSA) is 133 Å². The summed E-state index contributed by atoms with van der Waals surface area (Å²) >= 11 is 0. The fourth-order valence-electron chi connectivity index (χ4n) is 1.12. The van der Waals surface area contributed by atoms with Gasteiger partial charge in [-0.25, -0.2) is 19.2 Å². The zero-order valence-corrected chi connectivity index (χ0v) is 8.70. The zero-order chi connectivity index (χ0) is 13.3. The minimum absolute atomic E-state index is 0.0251. The van der Waals surface area contributed by atoms with E-state index in [1.54, 1.807) is 0 Å². The molecule has 92 valence electrons. The third-order valence-electron chi connectivity index (χ3n) is 1.94. The van der Waals surface area contributed by atoms with Gasteiger partial charge in [-0.1, -0.05) is 0 Å². The zero-order valence-electron chi connectivity index (χ0n) is 8.70. The average molecular weight is 242 g/mol. The van der Waals surface area contributed by atoms with Gasteiger partial charge in [0.1, 0.15) is 0 Å². The Kier molecular flexibility index (Phi) is 6.85. The monoisotopic (exact) mass is 242 g/mol. The molecular formula is C9H10N2O6. The van der Waals surface area contributed by atoms with Crippen LogP contribution in [0.3, 0.4) is 0 Å². The van der Waals surface area contributed by atoms with E-state index in [-0.39, 0.29) is 19.3 Å². The van der Waals surface area contributed by atoms with Gasteiger partial charge in [0.2, 0.25) is 12.2 Å². The van der Waals surface area contributed by atoms with Gasteiger partial charge < -0.3 is 10.2 Å². The van der Waals surface area contributed by atoms with Crippen LogP contribution in [0.25, 0.3) is 0 Å². The quantitative estimate of drug-likeness (QED) is 0.444. The summed E-state index contributed by atoms with van der Waals surface area (Å²) < 4.78 is 0. The predicted octanol–water partition coefficient (Wildman–Crippen LogP) is -0.265. The molecule has 2 N–H and O–H groups in total. The maximum atomic E-state index is 10.5. The second kappa shape index (κ2) is 7.92. The summed E-state index contributed by atoms with van der Waals surface area (Å²) in [4.78, 5) is 47.0. The van der Waals surface area contributed by atoms with Gasteiger partial charge in [0, 0.05) is 0 Å². The van der Waals surface area contributed by atoms with E-state index >= 15 is 0 Å². The highest BCUT2D eigenvalue weighted by atomic mass is 16.4. The van der Waals surface area contributed by atoms with E-state index in [4.69, 9.17) is 10.2 Å². The van der Waals surface area contributed by atoms with Gasteiger partial charge in [-0.3, -0.25) is 0 Å². The van der Waals surface area contributed by atoms with Crippen LogP contribution < -0.4 is 0 Å². The number of aliphatic carboxylic acids is 2. The SMILES string of the molecule is O=C=NC(CCCC(N=C=O)C(=O)O)C(=O)O. The normalized spacial score (nSPS) is 12.7. The lowest BCUT2D eigenvalue weighted by Crippen LogP contribution is -2.21. The number of carboxylic acid groups (broad SMARTS) is 2. The van der Waals surface area contributed by atoms with Gasteiger partial charge in [-0.05, 0) is 19.3 Å². The van der Waals surface area contributed by atoms with Crippen molar-refractivity contribution in [1.29, 1.82) is 0 Å². The van der Waals surface area contributed by atoms with E-state index in [1.807, 2.05) is 0 Å². The molecule has 0 amide bonds. The Morgan fingerprint density at radius 2 is 1.29 bits per heavy atom. The molecule has 0 fully saturated rings. The van der Waals surface area contributed by atoms with Gasteiger partial charge in [-0.2, -0.15) is 9.98 Å². The molecule has 0 aliphatic rings. The minimum Gasteiger partial charge on any atom is -0.480 e. The van der Waals surface area contributed by atoms with Crippen LogP contribution in [-0.4, -0.2) is 46.4 Å². The van der Waals surface area contributed by atoms with Gasteiger partial charge >= 0.3 is 11.9 Å². The highest BCUT2D eigenvalue weighted by molar-refractivity contribution is 5.75. The molecule has 8 nitrogen and oxygen atoms in total. The molecule has 17 heavy (non-hydrogen) atoms. The molecular weight excluding hydrogens is 232 g/mol. The van der Waals surface area contributed by atoms with Crippen LogP contribution in [0.4, 0.5) is 0 Å². The number of carbonyl (C=O) groups excluding carboxylic acids is 2. The molecule has 0 aromatic rings. The number of rotatable bonds is 8. The second-order valence-corrected chi connectivity index (χ2v) is 3.08. The third kappa shape index (κ3) is 5.99. The summed E-state index contributed by atoms with van der Waals surface area (Å²) in [7, 11) is 0. The first-order valence-corrected chi connectivity index (χ1v) is 4.62. The molecule has 0 aromatic heterocycles. The number of hydrogen-bond donors (Lipinski definition) is 2. The summed E-state index contributed by atoms with van der Waals surface area (Å²) in [5.74, 6) is -2.58. The Bertz CT molecular complexity index is 341. The van der Waals surface area contributed by atoms with E-state index < -0.39 is 24.0 Å². The van der Waals surface area contributed by atoms with Gasteiger partial charge in [0.05, 0.1) is 0 Å². The fourth-order valence-corrected chi connectivity index (χ4v) is 1.12. The van der Waals surface area contributed by atoms with Gasteiger partial charge in [0.15, 0.2) is 12.1 Å². The molecule has 0 aromatic carbocycles. The van der Waals surface area contributed by atoms with E-state index in [0.717, 1.165) is 12.2 Å². The first-order valence-electron chi connectivity index (χ1n) is 4.62. The van der Waals surface area contributed by atoms with E-state index in [2.05, 4.69) is 9.98 Å². The Morgan fingerprint density at radius 3 is 1.53 bits per heavy atom. The Balaban J connectivity index is 4.27. The van der Waals surface area contributed by atoms with E-state index in [1.165, 1.54) is 0 Å². The van der Waals surface area contributed by atoms with Crippen molar-refractivity contribution in [3.05, 3.63) is 0 Å². The molecule has 0 bridgehead atoms. The van der Waals surface area contributed by atoms with Gasteiger partial charge in [0.25, 0.3) is 0 Å². The van der Waals surface area contributed by atoms with Crippen molar-refractivity contribution in [2.45, 2.75) is 31.3 Å². The highest BCUT2D eigenvalue weighted by Crippen LogP contribution is 2.09. The fraction of sp³-hybridized carbons (Fsp3) is 0.556. The Hall–Kier alpha value is -2.30. The summed E-state index contributed by atoms with van der Waals surface area (Å²) in [5.41, 5.74) is 0. The van der Waals surface area contributed by atoms with Gasteiger partial charge in [-0.15, -0.1) is 0 Å². The molecule has 0 heterocycles. The van der Waals surface area contributed by atoms with Crippen LogP contribution in [0.1, 0.15) is 19.3 Å². The molecule has 0 radical (unpaired) electrons. The second-order valence-electron chi connectivity index (χ2n) is 3.08. The van der Waals surface area contributed by atoms with Crippen LogP contribution in [-0.2, 0) is 19.2 Å². The van der Waals surface area contributed by atoms with Crippen molar-refractivity contribution in [2.75, 3.05) is 0 Å². The Labute approximate surface area is 95.7 Å². The maximum absolute atomic E-state index is 10.5. The third-order valence-corrected chi connectivity index (χ3v) is 1.94. The molecule has 2 unspecified atom stereocenters. The maximum Gasteiger partial charge on any atom is 0.329 e. The molecule has 0 spiro atoms. The summed E-state index contributed by atoms with van der Waals surface area (Å²) in [6.45, 7) is 0. The van der Waals surface area contributed by atoms with Crippen molar-refractivity contribution < 1.29 is 29.4 Å². The lowest BCUT2D eigenvalue weighted by molar-refractivity contribution is -0.138. The van der Waals surface area contributed by atoms with E-state index in [9.17, 15) is 19.2 Å². The standard InChI is InChI=1S/C9H10N2O6/c12-4-10-6(8(14)15)2-1-3-7(9(16)17)11-5-13/h6-7H,1-3H2,(H,14,15)(H,16,17). The first kappa shape index (κ1) is 14.7. The van der Waals surface area contributed by atoms with Crippen molar-refractivity contribution in [1.82, 2.24) is 0 Å². The minimum atomic E-state index is -1.29. The number of nitrogens with zero attached hydrogens (tertiary/aromatic N) is 2. The lowest BCUT2D eigenvalue weighted by atomic mass is 10.1. The van der Waals surface area contributed by atoms with E-state index in [0.29, 0.717) is 0 Å². The highest BCUT2D eigenvalue weighted by Gasteiger charge is 2.19. The number of carbonyl (C=O) groups is 2. The summed E-state index contributed by atoms with van der Waals surface area (Å²) in [6, 6.07) is -2.50. The molecule has 0 aliphatic carbocycles. The molecule has 0 rings (SSSR count). The van der Waals surface area contributed by atoms with Crippen molar-refractivity contribution >= 4 is 24.1 Å². The molecule has 0 aliphatic heterocycles. The molecule has 2 atom stereocenters. The van der Waals surface area contributed by atoms with Crippen molar-refractivity contribution in [2.24, 2.45) is 9.98 Å². The lowest BCUT2D eigenvalue weighted by Gasteiger charge is -2.07. The molecule has 8 heteroatoms. The van der Waals surface area contributed by atoms with Crippen LogP contribution in [0.15, 0.2) is 9.98 Å². The van der Waals surface area contributed by atoms with Crippen LogP contribution >= 0.6 is 0 Å². The number of carboxylic acids is 2. The molecule has 0 saturated carbocycles. The average Bonchev–Trinajstić information content (AvgIpc) is 2.26. The number of aliphatic imine (C=N–C) groups is 2. The van der Waals surface area contributed by atoms with Crippen molar-refractivity contribution in [3.8, 4) is 0 Å². The molecule has 0 saturated heterocycles. The predicted molar refractivity (Wildman–Crippen MR) is 52.9 cm³/mol. The first-order chi connectivity index (χ1) is 8.02. The number of hydrogen-bond acceptors (Lipinski definition) is 6. The summed E-state index contributed by atoms with van der Waals surface area (Å²) in [5, 5.41) is 17.2. The van der Waals surface area contributed by atoms with Crippen LogP contribution in [0.5, 0.6) is 0 Å². The number of isocyanates is 2. The van der Waals surface area contributed by atoms with Crippen molar-refractivity contribution in [3.63, 3.8) is 0 Å². The van der Waals surface area contributed by atoms with Crippen LogP contribution in [0, 0.1) is 0 Å².